The number of carbonyl (C=O) groups excluding carboxylic acids is 1. The zero-order valence-corrected chi connectivity index (χ0v) is 15.4. The zero-order chi connectivity index (χ0) is 18.7. The monoisotopic (exact) mass is 377 g/mol. The minimum absolute atomic E-state index is 0.0877. The lowest BCUT2D eigenvalue weighted by atomic mass is 9.99. The molecule has 0 spiro atoms. The van der Waals surface area contributed by atoms with E-state index < -0.39 is 22.4 Å². The molecule has 3 nitrogen and oxygen atoms in total. The van der Waals surface area contributed by atoms with E-state index in [1.165, 1.54) is 12.1 Å². The molecule has 2 aromatic carbocycles. The number of nitrogens with zero attached hydrogens (tertiary/aromatic N) is 1. The van der Waals surface area contributed by atoms with E-state index in [-0.39, 0.29) is 11.5 Å². The molecule has 1 saturated heterocycles. The van der Waals surface area contributed by atoms with Crippen LogP contribution in [0.1, 0.15) is 19.8 Å². The number of likely N-dealkylation sites (tertiary alicyclic amines) is 1. The number of piperidine rings is 1. The first-order valence-electron chi connectivity index (χ1n) is 8.64. The van der Waals surface area contributed by atoms with Gasteiger partial charge in [-0.1, -0.05) is 24.3 Å². The normalized spacial score (nSPS) is 16.5. The van der Waals surface area contributed by atoms with E-state index in [1.54, 1.807) is 31.2 Å². The van der Waals surface area contributed by atoms with Crippen molar-refractivity contribution in [1.29, 1.82) is 0 Å². The molecule has 0 aromatic heterocycles. The second-order valence-corrected chi connectivity index (χ2v) is 8.08. The van der Waals surface area contributed by atoms with Gasteiger partial charge in [0.25, 0.3) is 0 Å². The van der Waals surface area contributed by atoms with E-state index in [0.29, 0.717) is 22.1 Å². The van der Waals surface area contributed by atoms with Crippen LogP contribution in [-0.2, 0) is 15.6 Å². The van der Waals surface area contributed by atoms with Gasteiger partial charge in [0.2, 0.25) is 5.91 Å². The molecule has 1 unspecified atom stereocenters. The van der Waals surface area contributed by atoms with Crippen molar-refractivity contribution in [3.05, 3.63) is 54.1 Å². The van der Waals surface area contributed by atoms with Crippen molar-refractivity contribution >= 4 is 16.7 Å². The number of carbonyl (C=O) groups is 1. The van der Waals surface area contributed by atoms with Gasteiger partial charge in [-0.05, 0) is 42.5 Å². The van der Waals surface area contributed by atoms with Crippen LogP contribution in [0.5, 0.6) is 0 Å². The number of amides is 1. The second-order valence-electron chi connectivity index (χ2n) is 6.59. The van der Waals surface area contributed by atoms with E-state index in [1.807, 2.05) is 4.90 Å². The SMILES string of the molecule is CC(=O)N1CCC(CS(=O)c2ccc(-c3cccc(F)c3F)cc2)CC1. The average Bonchev–Trinajstić information content (AvgIpc) is 2.64. The van der Waals surface area contributed by atoms with Gasteiger partial charge >= 0.3 is 0 Å². The Hall–Kier alpha value is -2.08. The minimum Gasteiger partial charge on any atom is -0.343 e. The molecule has 0 bridgehead atoms. The fraction of sp³-hybridized carbons (Fsp3) is 0.350. The first-order valence-corrected chi connectivity index (χ1v) is 9.96. The molecule has 1 fully saturated rings. The molecule has 1 aliphatic rings. The molecule has 1 amide bonds. The summed E-state index contributed by atoms with van der Waals surface area (Å²) in [6.07, 6.45) is 1.72. The number of rotatable bonds is 4. The van der Waals surface area contributed by atoms with Gasteiger partial charge in [-0.3, -0.25) is 9.00 Å². The molecule has 1 heterocycles. The molecule has 2 aromatic rings. The van der Waals surface area contributed by atoms with Crippen LogP contribution in [0.15, 0.2) is 47.4 Å². The fourth-order valence-corrected chi connectivity index (χ4v) is 4.63. The number of halogens is 2. The van der Waals surface area contributed by atoms with Crippen LogP contribution in [0.3, 0.4) is 0 Å². The van der Waals surface area contributed by atoms with Crippen molar-refractivity contribution in [3.63, 3.8) is 0 Å². The summed E-state index contributed by atoms with van der Waals surface area (Å²) in [5, 5.41) is 0. The molecule has 0 saturated carbocycles. The average molecular weight is 377 g/mol. The first-order chi connectivity index (χ1) is 12.5. The second kappa shape index (κ2) is 8.08. The summed E-state index contributed by atoms with van der Waals surface area (Å²) in [6, 6.07) is 10.8. The van der Waals surface area contributed by atoms with Crippen LogP contribution < -0.4 is 0 Å². The van der Waals surface area contributed by atoms with Crippen molar-refractivity contribution in [2.24, 2.45) is 5.92 Å². The Balaban J connectivity index is 1.64. The summed E-state index contributed by atoms with van der Waals surface area (Å²) in [7, 11) is -1.15. The lowest BCUT2D eigenvalue weighted by Gasteiger charge is -2.31. The Bertz CT molecular complexity index is 815. The Morgan fingerprint density at radius 2 is 1.77 bits per heavy atom. The summed E-state index contributed by atoms with van der Waals surface area (Å²) in [5.74, 6) is -0.790. The standard InChI is InChI=1S/C20H21F2NO2S/c1-14(24)23-11-9-15(10-12-23)13-26(25)17-7-5-16(6-8-17)18-3-2-4-19(21)20(18)22/h2-8,15H,9-13H2,1H3. The highest BCUT2D eigenvalue weighted by Gasteiger charge is 2.22. The maximum absolute atomic E-state index is 13.9. The Morgan fingerprint density at radius 3 is 2.38 bits per heavy atom. The summed E-state index contributed by atoms with van der Waals surface area (Å²) < 4.78 is 39.8. The molecule has 1 atom stereocenters. The van der Waals surface area contributed by atoms with Gasteiger partial charge in [0, 0.05) is 36.2 Å². The maximum atomic E-state index is 13.9. The zero-order valence-electron chi connectivity index (χ0n) is 14.6. The Labute approximate surface area is 154 Å². The summed E-state index contributed by atoms with van der Waals surface area (Å²) in [4.78, 5) is 13.9. The highest BCUT2D eigenvalue weighted by Crippen LogP contribution is 2.26. The molecule has 138 valence electrons. The third-order valence-corrected chi connectivity index (χ3v) is 6.40. The van der Waals surface area contributed by atoms with Crippen LogP contribution in [0.25, 0.3) is 11.1 Å². The highest BCUT2D eigenvalue weighted by atomic mass is 32.2. The molecule has 0 N–H and O–H groups in total. The van der Waals surface area contributed by atoms with Crippen molar-refractivity contribution in [2.75, 3.05) is 18.8 Å². The van der Waals surface area contributed by atoms with E-state index in [4.69, 9.17) is 0 Å². The number of hydrogen-bond acceptors (Lipinski definition) is 2. The van der Waals surface area contributed by atoms with Crippen LogP contribution in [0.4, 0.5) is 8.78 Å². The van der Waals surface area contributed by atoms with Crippen LogP contribution in [-0.4, -0.2) is 33.9 Å². The third kappa shape index (κ3) is 4.18. The topological polar surface area (TPSA) is 37.4 Å². The highest BCUT2D eigenvalue weighted by molar-refractivity contribution is 7.85. The van der Waals surface area contributed by atoms with E-state index in [0.717, 1.165) is 32.0 Å². The van der Waals surface area contributed by atoms with Gasteiger partial charge in [-0.2, -0.15) is 0 Å². The quantitative estimate of drug-likeness (QED) is 0.808. The van der Waals surface area contributed by atoms with Gasteiger partial charge in [0.05, 0.1) is 10.8 Å². The van der Waals surface area contributed by atoms with Crippen molar-refractivity contribution in [3.8, 4) is 11.1 Å². The number of hydrogen-bond donors (Lipinski definition) is 0. The molecular formula is C20H21F2NO2S. The van der Waals surface area contributed by atoms with E-state index in [9.17, 15) is 17.8 Å². The molecule has 1 aliphatic heterocycles. The van der Waals surface area contributed by atoms with Gasteiger partial charge < -0.3 is 4.90 Å². The van der Waals surface area contributed by atoms with Gasteiger partial charge in [0.15, 0.2) is 11.6 Å². The molecule has 0 radical (unpaired) electrons. The molecule has 26 heavy (non-hydrogen) atoms. The predicted octanol–water partition coefficient (Wildman–Crippen LogP) is 4.00. The third-order valence-electron chi connectivity index (χ3n) is 4.83. The largest absolute Gasteiger partial charge is 0.343 e. The summed E-state index contributed by atoms with van der Waals surface area (Å²) >= 11 is 0. The molecular weight excluding hydrogens is 356 g/mol. The predicted molar refractivity (Wildman–Crippen MR) is 98.0 cm³/mol. The van der Waals surface area contributed by atoms with Crippen molar-refractivity contribution in [1.82, 2.24) is 4.90 Å². The van der Waals surface area contributed by atoms with Gasteiger partial charge in [-0.15, -0.1) is 0 Å². The minimum atomic E-state index is -1.15. The van der Waals surface area contributed by atoms with E-state index in [2.05, 4.69) is 0 Å². The molecule has 6 heteroatoms. The fourth-order valence-electron chi connectivity index (χ4n) is 3.24. The van der Waals surface area contributed by atoms with Crippen molar-refractivity contribution < 1.29 is 17.8 Å². The Morgan fingerprint density at radius 1 is 1.12 bits per heavy atom. The lowest BCUT2D eigenvalue weighted by molar-refractivity contribution is -0.130. The van der Waals surface area contributed by atoms with E-state index >= 15 is 0 Å². The molecule has 3 rings (SSSR count). The first kappa shape index (κ1) is 18.7. The van der Waals surface area contributed by atoms with Gasteiger partial charge in [0.1, 0.15) is 0 Å². The maximum Gasteiger partial charge on any atom is 0.219 e. The van der Waals surface area contributed by atoms with Crippen LogP contribution >= 0.6 is 0 Å². The smallest absolute Gasteiger partial charge is 0.219 e. The Kier molecular flexibility index (Phi) is 5.81. The van der Waals surface area contributed by atoms with Gasteiger partial charge in [-0.25, -0.2) is 8.78 Å². The number of benzene rings is 2. The van der Waals surface area contributed by atoms with Crippen LogP contribution in [0, 0.1) is 17.6 Å². The van der Waals surface area contributed by atoms with Crippen LogP contribution in [0.2, 0.25) is 0 Å². The molecule has 0 aliphatic carbocycles. The summed E-state index contributed by atoms with van der Waals surface area (Å²) in [6.45, 7) is 3.01. The summed E-state index contributed by atoms with van der Waals surface area (Å²) in [5.41, 5.74) is 0.747. The lowest BCUT2D eigenvalue weighted by Crippen LogP contribution is -2.38. The van der Waals surface area contributed by atoms with Crippen molar-refractivity contribution in [2.45, 2.75) is 24.7 Å².